The van der Waals surface area contributed by atoms with Gasteiger partial charge in [-0.2, -0.15) is 0 Å². The number of pyridine rings is 1. The molecule has 4 saturated heterocycles. The van der Waals surface area contributed by atoms with Gasteiger partial charge in [-0.1, -0.05) is 30.7 Å². The summed E-state index contributed by atoms with van der Waals surface area (Å²) < 4.78 is 2.20. The smallest absolute Gasteiger partial charge is 0.238 e. The third-order valence-corrected chi connectivity index (χ3v) is 18.7. The Morgan fingerprint density at radius 2 is 1.44 bits per heavy atom. The number of imidazole rings is 1. The zero-order valence-corrected chi connectivity index (χ0v) is 43.2. The first-order valence-electron chi connectivity index (χ1n) is 28.0. The second-order valence-corrected chi connectivity index (χ2v) is 23.4. The van der Waals surface area contributed by atoms with E-state index in [-0.39, 0.29) is 59.4 Å². The summed E-state index contributed by atoms with van der Waals surface area (Å²) in [7, 11) is 2.10. The van der Waals surface area contributed by atoms with Crippen molar-refractivity contribution in [2.45, 2.75) is 165 Å². The van der Waals surface area contributed by atoms with Gasteiger partial charge in [-0.15, -0.1) is 0 Å². The fourth-order valence-electron chi connectivity index (χ4n) is 13.9. The maximum Gasteiger partial charge on any atom is 0.238 e. The number of anilines is 3. The molecule has 2 aromatic carbocycles. The van der Waals surface area contributed by atoms with E-state index in [1.54, 1.807) is 0 Å². The molecule has 1 atom stereocenters. The average molecular weight is 991 g/mol. The van der Waals surface area contributed by atoms with Crippen molar-refractivity contribution in [2.24, 2.45) is 11.8 Å². The molecule has 7 heterocycles. The van der Waals surface area contributed by atoms with Gasteiger partial charge in [-0.25, -0.2) is 9.97 Å². The molecule has 15 nitrogen and oxygen atoms in total. The van der Waals surface area contributed by atoms with Gasteiger partial charge in [0.05, 0.1) is 28.9 Å². The Bertz CT molecular complexity index is 2770. The van der Waals surface area contributed by atoms with Crippen molar-refractivity contribution < 1.29 is 24.0 Å². The third kappa shape index (κ3) is 8.98. The van der Waals surface area contributed by atoms with Gasteiger partial charge in [0.25, 0.3) is 0 Å². The molecule has 1 unspecified atom stereocenters. The molecule has 12 rings (SSSR count). The molecule has 7 fully saturated rings. The van der Waals surface area contributed by atoms with Crippen molar-refractivity contribution in [1.29, 1.82) is 0 Å². The van der Waals surface area contributed by atoms with Crippen LogP contribution in [0, 0.1) is 11.8 Å². The maximum absolute atomic E-state index is 15.2. The molecule has 73 heavy (non-hydrogen) atoms. The maximum atomic E-state index is 15.2. The van der Waals surface area contributed by atoms with Crippen LogP contribution in [0.2, 0.25) is 0 Å². The van der Waals surface area contributed by atoms with Gasteiger partial charge in [0.1, 0.15) is 5.52 Å². The van der Waals surface area contributed by atoms with Gasteiger partial charge in [0.15, 0.2) is 5.82 Å². The minimum atomic E-state index is -0.665. The summed E-state index contributed by atoms with van der Waals surface area (Å²) in [5.41, 5.74) is 7.27. The topological polar surface area (TPSA) is 156 Å². The quantitative estimate of drug-likeness (QED) is 0.142. The largest absolute Gasteiger partial charge is 0.371 e. The van der Waals surface area contributed by atoms with Crippen LogP contribution in [0.1, 0.15) is 146 Å². The van der Waals surface area contributed by atoms with Crippen LogP contribution in [-0.2, 0) is 29.4 Å². The number of imide groups is 1. The standard InChI is InChI=1S/C58H74N10O5/c1-36(2)67-35-59-49-34-48(61-53(52(49)67)60-41-14-15-41)40-13-19-47-50(31-40)68(45-32-44(33-45)64-25-5-4-6-26-64)57(73)58(47)23-29-66(30-24-58)56(72)39-9-7-38(8-10-39)55(71)65-27-21-43(22-28-65)63(3)42-16-11-37(12-17-42)46-18-20-51(69)62-54(46)70/h11-13,16-17,19,31,34-36,38-39,41,43-46H,4-10,14-15,18,20-30,32-33H2,1-3H3,(H,60,61)(H,62,69,70)/t38-,39-,44-,45+,46?. The van der Waals surface area contributed by atoms with Crippen molar-refractivity contribution in [3.05, 3.63) is 66.0 Å². The lowest BCUT2D eigenvalue weighted by molar-refractivity contribution is -0.143. The molecule has 3 saturated carbocycles. The Morgan fingerprint density at radius 3 is 2.08 bits per heavy atom. The second kappa shape index (κ2) is 19.5. The normalized spacial score (nSPS) is 26.8. The fraction of sp³-hybridized carbons (Fsp3) is 0.603. The number of likely N-dealkylation sites (tertiary alicyclic amines) is 3. The molecule has 3 aliphatic carbocycles. The summed E-state index contributed by atoms with van der Waals surface area (Å²) in [5.74, 6) is 0.630. The molecular formula is C58H74N10O5. The van der Waals surface area contributed by atoms with E-state index in [0.717, 1.165) is 128 Å². The minimum Gasteiger partial charge on any atom is -0.371 e. The van der Waals surface area contributed by atoms with E-state index in [0.29, 0.717) is 70.0 Å². The van der Waals surface area contributed by atoms with Crippen molar-refractivity contribution in [1.82, 2.24) is 34.6 Å². The summed E-state index contributed by atoms with van der Waals surface area (Å²) >= 11 is 0. The minimum absolute atomic E-state index is 0.0530. The van der Waals surface area contributed by atoms with Crippen LogP contribution in [-0.4, -0.2) is 129 Å². The predicted molar refractivity (Wildman–Crippen MR) is 282 cm³/mol. The molecule has 0 bridgehead atoms. The second-order valence-electron chi connectivity index (χ2n) is 23.4. The van der Waals surface area contributed by atoms with E-state index in [1.807, 2.05) is 28.3 Å². The number of nitrogens with one attached hydrogen (secondary N) is 2. The number of nitrogens with zero attached hydrogens (tertiary/aromatic N) is 8. The van der Waals surface area contributed by atoms with Gasteiger partial charge in [0, 0.05) is 98.6 Å². The highest BCUT2D eigenvalue weighted by molar-refractivity contribution is 6.09. The highest BCUT2D eigenvalue weighted by Crippen LogP contribution is 2.52. The van der Waals surface area contributed by atoms with Crippen LogP contribution in [0.25, 0.3) is 22.3 Å². The Hall–Kier alpha value is -5.83. The molecule has 15 heteroatoms. The van der Waals surface area contributed by atoms with Gasteiger partial charge >= 0.3 is 0 Å². The zero-order chi connectivity index (χ0) is 50.1. The lowest BCUT2D eigenvalue weighted by atomic mass is 9.72. The molecule has 2 aromatic heterocycles. The van der Waals surface area contributed by atoms with E-state index in [9.17, 15) is 19.2 Å². The highest BCUT2D eigenvalue weighted by atomic mass is 16.2. The Labute approximate surface area is 429 Å². The lowest BCUT2D eigenvalue weighted by Crippen LogP contribution is -2.58. The van der Waals surface area contributed by atoms with Gasteiger partial charge < -0.3 is 34.4 Å². The van der Waals surface area contributed by atoms with Crippen molar-refractivity contribution in [3.63, 3.8) is 0 Å². The van der Waals surface area contributed by atoms with Crippen molar-refractivity contribution >= 4 is 57.8 Å². The predicted octanol–water partition coefficient (Wildman–Crippen LogP) is 7.93. The molecule has 5 amide bonds. The molecule has 4 aromatic rings. The van der Waals surface area contributed by atoms with Crippen LogP contribution >= 0.6 is 0 Å². The number of hydrogen-bond acceptors (Lipinski definition) is 10. The fourth-order valence-corrected chi connectivity index (χ4v) is 13.9. The number of carbonyl (C=O) groups excluding carboxylic acids is 5. The molecule has 386 valence electrons. The Morgan fingerprint density at radius 1 is 0.767 bits per heavy atom. The monoisotopic (exact) mass is 991 g/mol. The highest BCUT2D eigenvalue weighted by Gasteiger charge is 2.56. The molecule has 1 spiro atoms. The first-order chi connectivity index (χ1) is 35.4. The van der Waals surface area contributed by atoms with Crippen molar-refractivity contribution in [2.75, 3.05) is 61.4 Å². The summed E-state index contributed by atoms with van der Waals surface area (Å²) in [6, 6.07) is 18.5. The summed E-state index contributed by atoms with van der Waals surface area (Å²) in [6.45, 7) is 9.20. The summed E-state index contributed by atoms with van der Waals surface area (Å²) in [4.78, 5) is 88.9. The molecule has 2 N–H and O–H groups in total. The Balaban J connectivity index is 0.684. The van der Waals surface area contributed by atoms with Gasteiger partial charge in [0.2, 0.25) is 29.5 Å². The zero-order valence-electron chi connectivity index (χ0n) is 43.2. The van der Waals surface area contributed by atoms with Crippen molar-refractivity contribution in [3.8, 4) is 11.3 Å². The SMILES string of the molecule is CC(C)n1cnc2cc(-c3ccc4c(c3)N([C@H]3C[C@@H](N5CCCCC5)C3)C(=O)C43CCN(C(=O)[C@H]4CC[C@H](C(=O)N5CCC(N(C)c6ccc(C7CCC(=O)NC7=O)cc6)CC5)CC4)CC3)nc(NC3CC3)c21. The third-order valence-electron chi connectivity index (χ3n) is 18.7. The average Bonchev–Trinajstić information content (AvgIpc) is 4.07. The Kier molecular flexibility index (Phi) is 12.8. The number of rotatable bonds is 11. The van der Waals surface area contributed by atoms with Gasteiger partial charge in [-0.05, 0) is 159 Å². The first-order valence-corrected chi connectivity index (χ1v) is 28.0. The summed E-state index contributed by atoms with van der Waals surface area (Å²) in [6.07, 6.45) is 16.8. The van der Waals surface area contributed by atoms with Crippen LogP contribution in [0.15, 0.2) is 54.9 Å². The van der Waals surface area contributed by atoms with Crippen LogP contribution in [0.4, 0.5) is 17.2 Å². The molecule has 0 radical (unpaired) electrons. The van der Waals surface area contributed by atoms with E-state index >= 15 is 4.79 Å². The summed E-state index contributed by atoms with van der Waals surface area (Å²) in [5, 5.41) is 6.17. The number of aromatic nitrogens is 3. The van der Waals surface area contributed by atoms with Gasteiger partial charge in [-0.3, -0.25) is 29.3 Å². The van der Waals surface area contributed by atoms with Crippen LogP contribution in [0.5, 0.6) is 0 Å². The first kappa shape index (κ1) is 48.1. The number of benzene rings is 2. The number of carbonyl (C=O) groups is 5. The number of amides is 5. The number of fused-ring (bicyclic) bond motifs is 3. The van der Waals surface area contributed by atoms with E-state index in [1.165, 1.54) is 19.3 Å². The van der Waals surface area contributed by atoms with Crippen LogP contribution < -0.4 is 20.4 Å². The number of hydrogen-bond donors (Lipinski definition) is 2. The molecule has 5 aliphatic heterocycles. The number of piperidine rings is 4. The van der Waals surface area contributed by atoms with E-state index < -0.39 is 5.41 Å². The van der Waals surface area contributed by atoms with Crippen LogP contribution in [0.3, 0.4) is 0 Å². The molecule has 8 aliphatic rings. The van der Waals surface area contributed by atoms with E-state index in [2.05, 4.69) is 87.2 Å². The molecular weight excluding hydrogens is 917 g/mol. The van der Waals surface area contributed by atoms with E-state index in [4.69, 9.17) is 9.97 Å². The lowest BCUT2D eigenvalue weighted by Gasteiger charge is -2.48.